The molecule has 9 heteroatoms. The molecular formula is C37H55N3O6. The number of esters is 1. The zero-order chi connectivity index (χ0) is 34.5. The van der Waals surface area contributed by atoms with E-state index in [0.717, 1.165) is 42.4 Å². The van der Waals surface area contributed by atoms with E-state index in [4.69, 9.17) is 9.47 Å². The van der Waals surface area contributed by atoms with E-state index in [2.05, 4.69) is 17.6 Å². The van der Waals surface area contributed by atoms with Crippen molar-refractivity contribution in [2.75, 3.05) is 13.1 Å². The van der Waals surface area contributed by atoms with Crippen LogP contribution in [0.3, 0.4) is 0 Å². The first-order valence-corrected chi connectivity index (χ1v) is 16.4. The molecule has 0 spiro atoms. The number of nitrogens with zero attached hydrogens (tertiary/aromatic N) is 1. The minimum atomic E-state index is -1.05. The van der Waals surface area contributed by atoms with Crippen LogP contribution >= 0.6 is 0 Å². The zero-order valence-corrected chi connectivity index (χ0v) is 29.3. The van der Waals surface area contributed by atoms with Crippen molar-refractivity contribution in [1.82, 2.24) is 15.5 Å². The molecule has 2 N–H and O–H groups in total. The van der Waals surface area contributed by atoms with Gasteiger partial charge in [0.1, 0.15) is 29.8 Å². The van der Waals surface area contributed by atoms with Crippen LogP contribution in [0.2, 0.25) is 0 Å². The molecule has 3 amide bonds. The number of carbonyl (C=O) groups is 4. The Hall–Kier alpha value is -3.88. The first kappa shape index (κ1) is 38.3. The highest BCUT2D eigenvalue weighted by Gasteiger charge is 2.36. The summed E-state index contributed by atoms with van der Waals surface area (Å²) in [4.78, 5) is 55.9. The molecule has 0 fully saturated rings. The minimum Gasteiger partial charge on any atom is -0.458 e. The highest BCUT2D eigenvalue weighted by atomic mass is 16.6. The van der Waals surface area contributed by atoms with Crippen LogP contribution in [-0.2, 0) is 30.3 Å². The molecule has 0 saturated carbocycles. The van der Waals surface area contributed by atoms with Crippen molar-refractivity contribution >= 4 is 23.9 Å². The Morgan fingerprint density at radius 2 is 1.37 bits per heavy atom. The number of hydrogen-bond acceptors (Lipinski definition) is 6. The van der Waals surface area contributed by atoms with Crippen LogP contribution in [0.1, 0.15) is 109 Å². The lowest BCUT2D eigenvalue weighted by atomic mass is 9.93. The summed E-state index contributed by atoms with van der Waals surface area (Å²) in [5.74, 6) is -1.49. The fourth-order valence-electron chi connectivity index (χ4n) is 5.20. The summed E-state index contributed by atoms with van der Waals surface area (Å²) in [5, 5.41) is 5.53. The van der Waals surface area contributed by atoms with Crippen LogP contribution in [0.15, 0.2) is 48.5 Å². The van der Waals surface area contributed by atoms with Crippen molar-refractivity contribution < 1.29 is 28.7 Å². The van der Waals surface area contributed by atoms with Crippen molar-refractivity contribution in [2.45, 2.75) is 124 Å². The Morgan fingerprint density at radius 3 is 1.93 bits per heavy atom. The molecule has 0 saturated heterocycles. The van der Waals surface area contributed by atoms with Gasteiger partial charge in [-0.05, 0) is 84.1 Å². The minimum absolute atomic E-state index is 0.214. The van der Waals surface area contributed by atoms with E-state index in [-0.39, 0.29) is 13.0 Å². The first-order valence-electron chi connectivity index (χ1n) is 16.4. The second-order valence-electron chi connectivity index (χ2n) is 13.8. The van der Waals surface area contributed by atoms with E-state index in [0.29, 0.717) is 18.5 Å². The van der Waals surface area contributed by atoms with Crippen molar-refractivity contribution in [3.63, 3.8) is 0 Å². The number of carbonyl (C=O) groups excluding carboxylic acids is 4. The molecule has 2 aromatic carbocycles. The van der Waals surface area contributed by atoms with E-state index < -0.39 is 47.2 Å². The average molecular weight is 638 g/mol. The summed E-state index contributed by atoms with van der Waals surface area (Å²) < 4.78 is 11.1. The third-order valence-electron chi connectivity index (χ3n) is 7.27. The molecule has 9 nitrogen and oxygen atoms in total. The van der Waals surface area contributed by atoms with E-state index in [1.54, 1.807) is 41.5 Å². The topological polar surface area (TPSA) is 114 Å². The van der Waals surface area contributed by atoms with Crippen LogP contribution in [0.4, 0.5) is 4.79 Å². The molecule has 0 aliphatic rings. The van der Waals surface area contributed by atoms with Gasteiger partial charge < -0.3 is 25.0 Å². The SMILES string of the molecule is CCCCCCCN(C(=O)CNC(=O)OC(C)(C)C)C(C(=O)NC(Cc1ccccc1)C(=O)OC(C)(C)C)c1c(C)cccc1C. The van der Waals surface area contributed by atoms with Crippen LogP contribution in [0, 0.1) is 13.8 Å². The highest BCUT2D eigenvalue weighted by Crippen LogP contribution is 2.29. The van der Waals surface area contributed by atoms with Gasteiger partial charge in [0.25, 0.3) is 0 Å². The number of alkyl carbamates (subject to hydrolysis) is 1. The van der Waals surface area contributed by atoms with E-state index in [1.165, 1.54) is 4.90 Å². The maximum atomic E-state index is 14.5. The summed E-state index contributed by atoms with van der Waals surface area (Å²) in [6.45, 7) is 16.5. The van der Waals surface area contributed by atoms with Crippen LogP contribution in [0.25, 0.3) is 0 Å². The highest BCUT2D eigenvalue weighted by molar-refractivity contribution is 5.93. The Kier molecular flexibility index (Phi) is 14.8. The van der Waals surface area contributed by atoms with Crippen molar-refractivity contribution in [3.05, 3.63) is 70.8 Å². The Morgan fingerprint density at radius 1 is 0.783 bits per heavy atom. The predicted molar refractivity (Wildman–Crippen MR) is 181 cm³/mol. The van der Waals surface area contributed by atoms with Gasteiger partial charge in [-0.25, -0.2) is 9.59 Å². The van der Waals surface area contributed by atoms with Gasteiger partial charge >= 0.3 is 12.1 Å². The van der Waals surface area contributed by atoms with E-state index in [9.17, 15) is 19.2 Å². The number of hydrogen-bond donors (Lipinski definition) is 2. The van der Waals surface area contributed by atoms with Crippen molar-refractivity contribution in [1.29, 1.82) is 0 Å². The fraction of sp³-hybridized carbons (Fsp3) is 0.568. The summed E-state index contributed by atoms with van der Waals surface area (Å²) in [6.07, 6.45) is 4.21. The number of nitrogens with one attached hydrogen (secondary N) is 2. The van der Waals surface area contributed by atoms with E-state index >= 15 is 0 Å². The predicted octanol–water partition coefficient (Wildman–Crippen LogP) is 6.74. The molecule has 254 valence electrons. The monoisotopic (exact) mass is 637 g/mol. The number of rotatable bonds is 15. The number of ether oxygens (including phenoxy) is 2. The summed E-state index contributed by atoms with van der Waals surface area (Å²) >= 11 is 0. The van der Waals surface area contributed by atoms with Crippen molar-refractivity contribution in [2.24, 2.45) is 0 Å². The second kappa shape index (κ2) is 17.7. The molecule has 0 aliphatic carbocycles. The molecule has 2 atom stereocenters. The van der Waals surface area contributed by atoms with Gasteiger partial charge in [-0.15, -0.1) is 0 Å². The van der Waals surface area contributed by atoms with Gasteiger partial charge in [-0.1, -0.05) is 81.1 Å². The lowest BCUT2D eigenvalue weighted by Gasteiger charge is -2.34. The van der Waals surface area contributed by atoms with Crippen LogP contribution < -0.4 is 10.6 Å². The molecule has 2 aromatic rings. The molecule has 0 aliphatic heterocycles. The average Bonchev–Trinajstić information content (AvgIpc) is 2.94. The lowest BCUT2D eigenvalue weighted by molar-refractivity contribution is -0.159. The third-order valence-corrected chi connectivity index (χ3v) is 7.27. The molecule has 46 heavy (non-hydrogen) atoms. The largest absolute Gasteiger partial charge is 0.458 e. The molecule has 0 aromatic heterocycles. The number of unbranched alkanes of at least 4 members (excludes halogenated alkanes) is 4. The fourth-order valence-corrected chi connectivity index (χ4v) is 5.20. The molecule has 0 bridgehead atoms. The van der Waals surface area contributed by atoms with Gasteiger partial charge in [-0.2, -0.15) is 0 Å². The number of aryl methyl sites for hydroxylation is 2. The van der Waals surface area contributed by atoms with Crippen LogP contribution in [0.5, 0.6) is 0 Å². The van der Waals surface area contributed by atoms with Gasteiger partial charge in [0.2, 0.25) is 11.8 Å². The normalized spacial score (nSPS) is 12.9. The smallest absolute Gasteiger partial charge is 0.408 e. The quantitative estimate of drug-likeness (QED) is 0.165. The van der Waals surface area contributed by atoms with Gasteiger partial charge in [0, 0.05) is 13.0 Å². The standard InChI is InChI=1S/C37H55N3O6/c1-10-11-12-13-17-23-40(30(41)25-38-35(44)46-37(7,8)9)32(31-26(2)19-18-20-27(31)3)33(42)39-29(34(43)45-36(4,5)6)24-28-21-15-14-16-22-28/h14-16,18-22,29,32H,10-13,17,23-25H2,1-9H3,(H,38,44)(H,39,42). The second-order valence-corrected chi connectivity index (χ2v) is 13.8. The molecular weight excluding hydrogens is 582 g/mol. The lowest BCUT2D eigenvalue weighted by Crippen LogP contribution is -2.52. The third kappa shape index (κ3) is 13.2. The van der Waals surface area contributed by atoms with Crippen molar-refractivity contribution in [3.8, 4) is 0 Å². The Labute approximate surface area is 275 Å². The maximum absolute atomic E-state index is 14.5. The van der Waals surface area contributed by atoms with E-state index in [1.807, 2.05) is 62.4 Å². The Balaban J connectivity index is 2.54. The maximum Gasteiger partial charge on any atom is 0.408 e. The summed E-state index contributed by atoms with van der Waals surface area (Å²) in [6, 6.07) is 13.1. The molecule has 0 radical (unpaired) electrons. The summed E-state index contributed by atoms with van der Waals surface area (Å²) in [5.41, 5.74) is 1.70. The zero-order valence-electron chi connectivity index (χ0n) is 29.3. The molecule has 2 unspecified atom stereocenters. The van der Waals surface area contributed by atoms with Crippen LogP contribution in [-0.4, -0.2) is 59.1 Å². The number of amides is 3. The summed E-state index contributed by atoms with van der Waals surface area (Å²) in [7, 11) is 0. The Bertz CT molecular complexity index is 1280. The molecule has 0 heterocycles. The first-order chi connectivity index (χ1) is 21.5. The molecule has 2 rings (SSSR count). The van der Waals surface area contributed by atoms with Gasteiger partial charge in [0.05, 0.1) is 0 Å². The van der Waals surface area contributed by atoms with Gasteiger partial charge in [-0.3, -0.25) is 9.59 Å². The van der Waals surface area contributed by atoms with Gasteiger partial charge in [0.15, 0.2) is 0 Å². The number of benzene rings is 2.